The van der Waals surface area contributed by atoms with Crippen LogP contribution in [0.5, 0.6) is 5.75 Å². The predicted octanol–water partition coefficient (Wildman–Crippen LogP) is 4.66. The molecule has 0 aromatic heterocycles. The molecule has 28 heavy (non-hydrogen) atoms. The summed E-state index contributed by atoms with van der Waals surface area (Å²) in [6.07, 6.45) is 2.83. The number of hydrogen-bond donors (Lipinski definition) is 1. The van der Waals surface area contributed by atoms with Crippen LogP contribution in [0.25, 0.3) is 11.1 Å². The molecule has 0 bridgehead atoms. The Bertz CT molecular complexity index is 766. The number of nitrogens with one attached hydrogen (secondary N) is 1. The minimum absolute atomic E-state index is 0.0820. The van der Waals surface area contributed by atoms with Crippen LogP contribution in [0.15, 0.2) is 48.5 Å². The summed E-state index contributed by atoms with van der Waals surface area (Å²) < 4.78 is 5.32. The molecule has 3 rings (SSSR count). The lowest BCUT2D eigenvalue weighted by Gasteiger charge is -2.29. The van der Waals surface area contributed by atoms with Gasteiger partial charge >= 0.3 is 0 Å². The maximum atomic E-state index is 12.8. The van der Waals surface area contributed by atoms with Crippen molar-refractivity contribution >= 4 is 5.91 Å². The van der Waals surface area contributed by atoms with Gasteiger partial charge in [-0.05, 0) is 74.5 Å². The maximum Gasteiger partial charge on any atom is 0.223 e. The van der Waals surface area contributed by atoms with Crippen molar-refractivity contribution in [3.05, 3.63) is 54.1 Å². The Morgan fingerprint density at radius 2 is 2.00 bits per heavy atom. The summed E-state index contributed by atoms with van der Waals surface area (Å²) in [5.41, 5.74) is 3.45. The molecule has 0 radical (unpaired) electrons. The van der Waals surface area contributed by atoms with Gasteiger partial charge in [0.15, 0.2) is 0 Å². The number of ether oxygens (including phenoxy) is 1. The first kappa shape index (κ1) is 20.4. The van der Waals surface area contributed by atoms with Crippen LogP contribution in [0.3, 0.4) is 0 Å². The predicted molar refractivity (Wildman–Crippen MR) is 114 cm³/mol. The highest BCUT2D eigenvalue weighted by Gasteiger charge is 2.22. The van der Waals surface area contributed by atoms with Crippen LogP contribution in [-0.2, 0) is 4.79 Å². The fourth-order valence-corrected chi connectivity index (χ4v) is 4.03. The van der Waals surface area contributed by atoms with Gasteiger partial charge in [-0.1, -0.05) is 36.4 Å². The SMILES string of the molecule is CCN(C(=O)CCC1CCNC1)C(C)c1ccc(-c2cccc(OC)c2)cc1. The minimum atomic E-state index is 0.0820. The summed E-state index contributed by atoms with van der Waals surface area (Å²) in [6, 6.07) is 16.7. The van der Waals surface area contributed by atoms with E-state index in [1.165, 1.54) is 12.0 Å². The van der Waals surface area contributed by atoms with Gasteiger partial charge in [0.05, 0.1) is 13.2 Å². The first-order valence-corrected chi connectivity index (χ1v) is 10.4. The van der Waals surface area contributed by atoms with E-state index in [0.717, 1.165) is 42.9 Å². The summed E-state index contributed by atoms with van der Waals surface area (Å²) in [7, 11) is 1.68. The zero-order valence-electron chi connectivity index (χ0n) is 17.3. The van der Waals surface area contributed by atoms with E-state index < -0.39 is 0 Å². The van der Waals surface area contributed by atoms with Gasteiger partial charge in [-0.3, -0.25) is 4.79 Å². The van der Waals surface area contributed by atoms with E-state index in [1.54, 1.807) is 7.11 Å². The van der Waals surface area contributed by atoms with Crippen LogP contribution >= 0.6 is 0 Å². The van der Waals surface area contributed by atoms with Crippen molar-refractivity contribution in [1.29, 1.82) is 0 Å². The fraction of sp³-hybridized carbons (Fsp3) is 0.458. The highest BCUT2D eigenvalue weighted by atomic mass is 16.5. The van der Waals surface area contributed by atoms with Crippen molar-refractivity contribution in [2.24, 2.45) is 5.92 Å². The fourth-order valence-electron chi connectivity index (χ4n) is 4.03. The van der Waals surface area contributed by atoms with Crippen molar-refractivity contribution < 1.29 is 9.53 Å². The van der Waals surface area contributed by atoms with Crippen molar-refractivity contribution in [3.8, 4) is 16.9 Å². The molecular formula is C24H32N2O2. The average Bonchev–Trinajstić information content (AvgIpc) is 3.26. The Morgan fingerprint density at radius 3 is 2.64 bits per heavy atom. The molecule has 2 aromatic rings. The second kappa shape index (κ2) is 9.74. The highest BCUT2D eigenvalue weighted by Crippen LogP contribution is 2.27. The van der Waals surface area contributed by atoms with E-state index in [1.807, 2.05) is 23.1 Å². The van der Waals surface area contributed by atoms with Crippen LogP contribution in [0.2, 0.25) is 0 Å². The number of carbonyl (C=O) groups excluding carboxylic acids is 1. The molecular weight excluding hydrogens is 348 g/mol. The van der Waals surface area contributed by atoms with Crippen LogP contribution in [0, 0.1) is 5.92 Å². The first-order valence-electron chi connectivity index (χ1n) is 10.4. The molecule has 1 fully saturated rings. The largest absolute Gasteiger partial charge is 0.497 e. The lowest BCUT2D eigenvalue weighted by atomic mass is 9.99. The third kappa shape index (κ3) is 4.93. The van der Waals surface area contributed by atoms with E-state index >= 15 is 0 Å². The van der Waals surface area contributed by atoms with E-state index in [2.05, 4.69) is 49.5 Å². The topological polar surface area (TPSA) is 41.6 Å². The number of amides is 1. The Hall–Kier alpha value is -2.33. The first-order chi connectivity index (χ1) is 13.6. The quantitative estimate of drug-likeness (QED) is 0.724. The minimum Gasteiger partial charge on any atom is -0.497 e. The molecule has 0 aliphatic carbocycles. The number of benzene rings is 2. The van der Waals surface area contributed by atoms with Crippen molar-refractivity contribution in [2.75, 3.05) is 26.7 Å². The summed E-state index contributed by atoms with van der Waals surface area (Å²) in [5, 5.41) is 3.38. The Labute approximate surface area is 168 Å². The van der Waals surface area contributed by atoms with Gasteiger partial charge in [0.1, 0.15) is 5.75 Å². The van der Waals surface area contributed by atoms with Crippen LogP contribution in [0.1, 0.15) is 44.7 Å². The summed E-state index contributed by atoms with van der Waals surface area (Å²) >= 11 is 0. The standard InChI is InChI=1S/C24H32N2O2/c1-4-26(24(27)13-8-19-14-15-25-17-19)18(2)20-9-11-21(12-10-20)22-6-5-7-23(16-22)28-3/h5-7,9-12,16,18-19,25H,4,8,13-15,17H2,1-3H3. The second-order valence-corrected chi connectivity index (χ2v) is 7.61. The van der Waals surface area contributed by atoms with E-state index in [9.17, 15) is 4.79 Å². The lowest BCUT2D eigenvalue weighted by molar-refractivity contribution is -0.133. The van der Waals surface area contributed by atoms with E-state index in [0.29, 0.717) is 12.3 Å². The highest BCUT2D eigenvalue weighted by molar-refractivity contribution is 5.76. The number of carbonyl (C=O) groups is 1. The van der Waals surface area contributed by atoms with Gasteiger partial charge in [-0.2, -0.15) is 0 Å². The molecule has 2 unspecified atom stereocenters. The third-order valence-electron chi connectivity index (χ3n) is 5.85. The van der Waals surface area contributed by atoms with Gasteiger partial charge in [-0.25, -0.2) is 0 Å². The molecule has 1 amide bonds. The zero-order chi connectivity index (χ0) is 19.9. The van der Waals surface area contributed by atoms with E-state index in [4.69, 9.17) is 4.74 Å². The van der Waals surface area contributed by atoms with Crippen molar-refractivity contribution in [2.45, 2.75) is 39.2 Å². The molecule has 1 aliphatic heterocycles. The monoisotopic (exact) mass is 380 g/mol. The summed E-state index contributed by atoms with van der Waals surface area (Å²) in [5.74, 6) is 1.77. The van der Waals surface area contributed by atoms with Gasteiger partial charge in [0, 0.05) is 13.0 Å². The van der Waals surface area contributed by atoms with Gasteiger partial charge in [0.25, 0.3) is 0 Å². The third-order valence-corrected chi connectivity index (χ3v) is 5.85. The maximum absolute atomic E-state index is 12.8. The smallest absolute Gasteiger partial charge is 0.223 e. The number of hydrogen-bond acceptors (Lipinski definition) is 3. The number of nitrogens with zero attached hydrogens (tertiary/aromatic N) is 1. The Balaban J connectivity index is 1.65. The molecule has 0 saturated carbocycles. The zero-order valence-corrected chi connectivity index (χ0v) is 17.3. The van der Waals surface area contributed by atoms with Gasteiger partial charge < -0.3 is 15.0 Å². The normalized spacial score (nSPS) is 17.3. The second-order valence-electron chi connectivity index (χ2n) is 7.61. The lowest BCUT2D eigenvalue weighted by Crippen LogP contribution is -2.33. The average molecular weight is 381 g/mol. The molecule has 1 aliphatic rings. The van der Waals surface area contributed by atoms with Crippen molar-refractivity contribution in [1.82, 2.24) is 10.2 Å². The molecule has 4 heteroatoms. The molecule has 2 atom stereocenters. The molecule has 1 saturated heterocycles. The molecule has 1 N–H and O–H groups in total. The van der Waals surface area contributed by atoms with Crippen molar-refractivity contribution in [3.63, 3.8) is 0 Å². The number of methoxy groups -OCH3 is 1. The Morgan fingerprint density at radius 1 is 1.21 bits per heavy atom. The summed E-state index contributed by atoms with van der Waals surface area (Å²) in [6.45, 7) is 7.07. The Kier molecular flexibility index (Phi) is 7.10. The van der Waals surface area contributed by atoms with Crippen LogP contribution in [-0.4, -0.2) is 37.6 Å². The molecule has 1 heterocycles. The van der Waals surface area contributed by atoms with Gasteiger partial charge in [0.2, 0.25) is 5.91 Å². The number of rotatable bonds is 8. The molecule has 150 valence electrons. The van der Waals surface area contributed by atoms with Crippen LogP contribution in [0.4, 0.5) is 0 Å². The van der Waals surface area contributed by atoms with Crippen LogP contribution < -0.4 is 10.1 Å². The molecule has 2 aromatic carbocycles. The van der Waals surface area contributed by atoms with Gasteiger partial charge in [-0.15, -0.1) is 0 Å². The summed E-state index contributed by atoms with van der Waals surface area (Å²) in [4.78, 5) is 14.8. The van der Waals surface area contributed by atoms with E-state index in [-0.39, 0.29) is 11.9 Å². The molecule has 0 spiro atoms. The molecule has 4 nitrogen and oxygen atoms in total.